The van der Waals surface area contributed by atoms with E-state index in [-0.39, 0.29) is 38.2 Å². The van der Waals surface area contributed by atoms with Crippen molar-refractivity contribution in [2.45, 2.75) is 43.2 Å². The SMILES string of the molecule is NC(=O)[C@H](Cc1cc(I)c(N)c(I)c1)NC(=O)[C@](N)(CCCN=C(N)N)C(=O)CC(c1cccc2ccccc12)c1cccc2ccccc12. The highest BCUT2D eigenvalue weighted by Crippen LogP contribution is 2.38. The molecule has 0 unspecified atom stereocenters. The van der Waals surface area contributed by atoms with Crippen LogP contribution in [0.25, 0.3) is 21.5 Å². The molecule has 0 spiro atoms. The number of fused-ring (bicyclic) bond motifs is 2. The summed E-state index contributed by atoms with van der Waals surface area (Å²) in [7, 11) is 0. The third-order valence-electron chi connectivity index (χ3n) is 8.94. The van der Waals surface area contributed by atoms with Crippen LogP contribution < -0.4 is 34.0 Å². The summed E-state index contributed by atoms with van der Waals surface area (Å²) in [4.78, 5) is 45.7. The Morgan fingerprint density at radius 2 is 1.30 bits per heavy atom. The average molecular weight is 896 g/mol. The van der Waals surface area contributed by atoms with Gasteiger partial charge in [-0.2, -0.15) is 0 Å². The van der Waals surface area contributed by atoms with Gasteiger partial charge in [0.2, 0.25) is 11.8 Å². The Kier molecular flexibility index (Phi) is 12.0. The van der Waals surface area contributed by atoms with Crippen LogP contribution in [0, 0.1) is 7.14 Å². The number of nitrogen functional groups attached to an aromatic ring is 1. The summed E-state index contributed by atoms with van der Waals surface area (Å²) in [5.41, 5.74) is 31.1. The Morgan fingerprint density at radius 3 is 1.82 bits per heavy atom. The van der Waals surface area contributed by atoms with E-state index in [1.54, 1.807) is 0 Å². The molecular weight excluding hydrogens is 856 g/mol. The summed E-state index contributed by atoms with van der Waals surface area (Å²) >= 11 is 4.23. The lowest BCUT2D eigenvalue weighted by atomic mass is 9.77. The minimum Gasteiger partial charge on any atom is -0.397 e. The Labute approximate surface area is 317 Å². The molecule has 0 saturated carbocycles. The van der Waals surface area contributed by atoms with Crippen molar-refractivity contribution in [2.75, 3.05) is 12.3 Å². The van der Waals surface area contributed by atoms with Gasteiger partial charge in [-0.25, -0.2) is 0 Å². The second-order valence-corrected chi connectivity index (χ2v) is 14.6. The number of primary amides is 1. The topological polar surface area (TPSA) is 206 Å². The number of aliphatic imine (C=N–C) groups is 1. The van der Waals surface area contributed by atoms with E-state index >= 15 is 0 Å². The zero-order valence-corrected chi connectivity index (χ0v) is 31.6. The Morgan fingerprint density at radius 1 is 0.780 bits per heavy atom. The molecule has 10 nitrogen and oxygen atoms in total. The first-order chi connectivity index (χ1) is 23.9. The molecule has 0 aliphatic heterocycles. The molecular formula is C38H39I2N7O3. The van der Waals surface area contributed by atoms with Crippen molar-refractivity contribution in [3.63, 3.8) is 0 Å². The third kappa shape index (κ3) is 8.36. The van der Waals surface area contributed by atoms with E-state index in [0.717, 1.165) is 45.4 Å². The van der Waals surface area contributed by atoms with Crippen LogP contribution in [0.5, 0.6) is 0 Å². The summed E-state index contributed by atoms with van der Waals surface area (Å²) < 4.78 is 1.60. The molecule has 12 heteroatoms. The van der Waals surface area contributed by atoms with Gasteiger partial charge in [0.25, 0.3) is 0 Å². The normalized spacial score (nSPS) is 13.1. The molecule has 5 aromatic carbocycles. The van der Waals surface area contributed by atoms with E-state index in [2.05, 4.69) is 55.5 Å². The van der Waals surface area contributed by atoms with E-state index in [1.807, 2.05) is 97.1 Å². The number of nitrogens with one attached hydrogen (secondary N) is 1. The number of benzene rings is 5. The van der Waals surface area contributed by atoms with Crippen LogP contribution in [0.4, 0.5) is 5.69 Å². The van der Waals surface area contributed by atoms with Crippen LogP contribution in [0.2, 0.25) is 0 Å². The van der Waals surface area contributed by atoms with Gasteiger partial charge in [-0.05, 0) is 108 Å². The number of halogens is 2. The van der Waals surface area contributed by atoms with Crippen LogP contribution in [0.15, 0.2) is 102 Å². The Balaban J connectivity index is 1.55. The number of nitrogens with zero attached hydrogens (tertiary/aromatic N) is 1. The molecule has 0 aliphatic rings. The van der Waals surface area contributed by atoms with E-state index in [0.29, 0.717) is 5.69 Å². The minimum atomic E-state index is -2.04. The van der Waals surface area contributed by atoms with Crippen molar-refractivity contribution in [2.24, 2.45) is 27.9 Å². The van der Waals surface area contributed by atoms with E-state index < -0.39 is 35.1 Å². The number of rotatable bonds is 14. The summed E-state index contributed by atoms with van der Waals surface area (Å²) in [6.45, 7) is 0.152. The lowest BCUT2D eigenvalue weighted by Gasteiger charge is -2.31. The molecule has 5 rings (SSSR count). The maximum absolute atomic E-state index is 14.7. The van der Waals surface area contributed by atoms with Crippen LogP contribution in [0.1, 0.15) is 41.9 Å². The van der Waals surface area contributed by atoms with Gasteiger partial charge >= 0.3 is 0 Å². The van der Waals surface area contributed by atoms with E-state index in [4.69, 9.17) is 28.7 Å². The molecule has 0 bridgehead atoms. The number of Topliss-reactive ketones (excluding diaryl/α,β-unsaturated/α-hetero) is 1. The van der Waals surface area contributed by atoms with Gasteiger partial charge in [0.1, 0.15) is 6.04 Å². The first kappa shape index (κ1) is 37.0. The quantitative estimate of drug-likeness (QED) is 0.0228. The van der Waals surface area contributed by atoms with E-state index in [1.165, 1.54) is 0 Å². The molecule has 0 heterocycles. The molecule has 50 heavy (non-hydrogen) atoms. The molecule has 0 saturated heterocycles. The van der Waals surface area contributed by atoms with Crippen molar-refractivity contribution in [3.05, 3.63) is 121 Å². The first-order valence-corrected chi connectivity index (χ1v) is 18.2. The second-order valence-electron chi connectivity index (χ2n) is 12.3. The van der Waals surface area contributed by atoms with Gasteiger partial charge in [0.05, 0.1) is 5.69 Å². The Hall–Kier alpha value is -4.28. The first-order valence-electron chi connectivity index (χ1n) is 16.1. The number of carbonyl (C=O) groups excluding carboxylic acids is 3. The number of ketones is 1. The van der Waals surface area contributed by atoms with Crippen LogP contribution in [-0.2, 0) is 20.8 Å². The van der Waals surface area contributed by atoms with Crippen LogP contribution in [-0.4, -0.2) is 41.7 Å². The van der Waals surface area contributed by atoms with Gasteiger partial charge in [-0.3, -0.25) is 19.4 Å². The fourth-order valence-corrected chi connectivity index (χ4v) is 8.21. The number of hydrogen-bond acceptors (Lipinski definition) is 6. The molecule has 0 fully saturated rings. The smallest absolute Gasteiger partial charge is 0.248 e. The van der Waals surface area contributed by atoms with Crippen molar-refractivity contribution >= 4 is 96.0 Å². The van der Waals surface area contributed by atoms with Gasteiger partial charge in [0.15, 0.2) is 17.3 Å². The van der Waals surface area contributed by atoms with Crippen LogP contribution >= 0.6 is 45.2 Å². The molecule has 11 N–H and O–H groups in total. The molecule has 0 radical (unpaired) electrons. The number of hydrogen-bond donors (Lipinski definition) is 6. The molecule has 2 amide bonds. The third-order valence-corrected chi connectivity index (χ3v) is 10.7. The maximum atomic E-state index is 14.7. The fraction of sp³-hybridized carbons (Fsp3) is 0.211. The highest BCUT2D eigenvalue weighted by atomic mass is 127. The monoisotopic (exact) mass is 895 g/mol. The minimum absolute atomic E-state index is 0.0740. The summed E-state index contributed by atoms with van der Waals surface area (Å²) in [5, 5.41) is 6.74. The number of carbonyl (C=O) groups is 3. The van der Waals surface area contributed by atoms with E-state index in [9.17, 15) is 14.4 Å². The van der Waals surface area contributed by atoms with Gasteiger partial charge in [-0.15, -0.1) is 0 Å². The molecule has 0 aromatic heterocycles. The van der Waals surface area contributed by atoms with Gasteiger partial charge < -0.3 is 34.0 Å². The number of guanidine groups is 1. The molecule has 5 aromatic rings. The lowest BCUT2D eigenvalue weighted by Crippen LogP contribution is -2.63. The molecule has 0 aliphatic carbocycles. The fourth-order valence-electron chi connectivity index (χ4n) is 6.31. The standard InChI is InChI=1S/C38H39I2N7O3/c39-30-18-22(19-31(40)34(30)41)20-32(35(42)49)47-36(50)38(45,16-7-17-46-37(43)44)33(48)21-29(27-14-5-10-23-8-1-3-12-25(23)27)28-15-6-11-24-9-2-4-13-26(24)28/h1-6,8-15,18-19,29,32H,7,16-17,20-21,41,45H2,(H2,42,49)(H,47,50)(H4,43,44,46)/t32-,38-/m0/s1. The van der Waals surface area contributed by atoms with Crippen molar-refractivity contribution in [1.29, 1.82) is 0 Å². The summed E-state index contributed by atoms with van der Waals surface area (Å²) in [6.07, 6.45) is 0.149. The van der Waals surface area contributed by atoms with Crippen molar-refractivity contribution in [3.8, 4) is 0 Å². The maximum Gasteiger partial charge on any atom is 0.248 e. The predicted molar refractivity (Wildman–Crippen MR) is 217 cm³/mol. The van der Waals surface area contributed by atoms with Gasteiger partial charge in [0, 0.05) is 32.4 Å². The molecule has 258 valence electrons. The number of amides is 2. The zero-order chi connectivity index (χ0) is 36.0. The highest BCUT2D eigenvalue weighted by Gasteiger charge is 2.43. The summed E-state index contributed by atoms with van der Waals surface area (Å²) in [6, 6.07) is 30.5. The predicted octanol–water partition coefficient (Wildman–Crippen LogP) is 4.84. The molecule has 2 atom stereocenters. The van der Waals surface area contributed by atoms with Crippen LogP contribution in [0.3, 0.4) is 0 Å². The highest BCUT2D eigenvalue weighted by molar-refractivity contribution is 14.1. The largest absolute Gasteiger partial charge is 0.397 e. The average Bonchev–Trinajstić information content (AvgIpc) is 3.10. The summed E-state index contributed by atoms with van der Waals surface area (Å²) in [5.74, 6) is -2.63. The lowest BCUT2D eigenvalue weighted by molar-refractivity contribution is -0.138. The number of nitrogens with two attached hydrogens (primary N) is 5. The zero-order valence-electron chi connectivity index (χ0n) is 27.2. The second kappa shape index (κ2) is 16.2. The number of anilines is 1. The van der Waals surface area contributed by atoms with Gasteiger partial charge in [-0.1, -0.05) is 84.9 Å². The van der Waals surface area contributed by atoms with Crippen molar-refractivity contribution in [1.82, 2.24) is 5.32 Å². The Bertz CT molecular complexity index is 1990. The van der Waals surface area contributed by atoms with Crippen molar-refractivity contribution < 1.29 is 14.4 Å².